The predicted octanol–water partition coefficient (Wildman–Crippen LogP) is 3.72. The average Bonchev–Trinajstić information content (AvgIpc) is 3.56. The van der Waals surface area contributed by atoms with E-state index in [1.165, 1.54) is 0 Å². The van der Waals surface area contributed by atoms with Crippen LogP contribution < -0.4 is 11.1 Å². The van der Waals surface area contributed by atoms with Crippen LogP contribution in [0.25, 0.3) is 22.0 Å². The number of nitrogen functional groups attached to an aromatic ring is 1. The van der Waals surface area contributed by atoms with Crippen LogP contribution in [-0.4, -0.2) is 25.8 Å². The number of pyridine rings is 4. The SMILES string of the molecule is Cc1ccncc1-c1cc2cc(NC(=O)C3CC3c3cccnc3)ncc2c(N)n1. The maximum absolute atomic E-state index is 12.7. The third-order valence-corrected chi connectivity index (χ3v) is 5.55. The van der Waals surface area contributed by atoms with Crippen molar-refractivity contribution in [2.45, 2.75) is 19.3 Å². The van der Waals surface area contributed by atoms with E-state index < -0.39 is 0 Å². The Kier molecular flexibility index (Phi) is 4.35. The largest absolute Gasteiger partial charge is 0.383 e. The number of carbonyl (C=O) groups excluding carboxylic acids is 1. The molecule has 7 nitrogen and oxygen atoms in total. The summed E-state index contributed by atoms with van der Waals surface area (Å²) < 4.78 is 0. The number of amides is 1. The van der Waals surface area contributed by atoms with Gasteiger partial charge in [0.1, 0.15) is 11.6 Å². The third kappa shape index (κ3) is 3.34. The summed E-state index contributed by atoms with van der Waals surface area (Å²) >= 11 is 0. The number of nitrogens with one attached hydrogen (secondary N) is 1. The van der Waals surface area contributed by atoms with Crippen molar-refractivity contribution in [1.82, 2.24) is 19.9 Å². The lowest BCUT2D eigenvalue weighted by atomic mass is 10.1. The molecule has 30 heavy (non-hydrogen) atoms. The summed E-state index contributed by atoms with van der Waals surface area (Å²) in [5.74, 6) is 1.04. The summed E-state index contributed by atoms with van der Waals surface area (Å²) in [6.45, 7) is 2.01. The van der Waals surface area contributed by atoms with Crippen LogP contribution in [0.15, 0.2) is 61.3 Å². The van der Waals surface area contributed by atoms with Gasteiger partial charge in [0.05, 0.1) is 5.69 Å². The molecular formula is C23H20N6O. The van der Waals surface area contributed by atoms with Gasteiger partial charge in [-0.1, -0.05) is 6.07 Å². The summed E-state index contributed by atoms with van der Waals surface area (Å²) in [7, 11) is 0. The molecule has 0 bridgehead atoms. The number of hydrogen-bond donors (Lipinski definition) is 2. The first-order valence-electron chi connectivity index (χ1n) is 9.78. The molecule has 0 aliphatic heterocycles. The average molecular weight is 396 g/mol. The van der Waals surface area contributed by atoms with Gasteiger partial charge in [-0.3, -0.25) is 14.8 Å². The zero-order chi connectivity index (χ0) is 20.7. The number of aryl methyl sites for hydroxylation is 1. The second-order valence-electron chi connectivity index (χ2n) is 7.60. The van der Waals surface area contributed by atoms with Gasteiger partial charge in [-0.25, -0.2) is 9.97 Å². The Morgan fingerprint density at radius 1 is 1.13 bits per heavy atom. The first kappa shape index (κ1) is 18.2. The molecule has 5 rings (SSSR count). The van der Waals surface area contributed by atoms with Crippen LogP contribution in [0, 0.1) is 12.8 Å². The van der Waals surface area contributed by atoms with Crippen LogP contribution in [0.1, 0.15) is 23.5 Å². The number of carbonyl (C=O) groups is 1. The fourth-order valence-corrected chi connectivity index (χ4v) is 3.78. The molecule has 4 aromatic heterocycles. The number of rotatable bonds is 4. The van der Waals surface area contributed by atoms with Gasteiger partial charge in [-0.2, -0.15) is 0 Å². The molecule has 4 heterocycles. The van der Waals surface area contributed by atoms with Crippen LogP contribution in [-0.2, 0) is 4.79 Å². The molecule has 1 aliphatic carbocycles. The highest BCUT2D eigenvalue weighted by atomic mass is 16.2. The van der Waals surface area contributed by atoms with Gasteiger partial charge >= 0.3 is 0 Å². The Morgan fingerprint density at radius 3 is 2.80 bits per heavy atom. The van der Waals surface area contributed by atoms with Crippen molar-refractivity contribution in [1.29, 1.82) is 0 Å². The maximum atomic E-state index is 12.7. The normalized spacial score (nSPS) is 17.6. The van der Waals surface area contributed by atoms with Gasteiger partial charge in [0, 0.05) is 47.9 Å². The second kappa shape index (κ2) is 7.18. The summed E-state index contributed by atoms with van der Waals surface area (Å²) in [5.41, 5.74) is 10.00. The highest BCUT2D eigenvalue weighted by molar-refractivity contribution is 5.98. The van der Waals surface area contributed by atoms with Crippen molar-refractivity contribution >= 4 is 28.3 Å². The lowest BCUT2D eigenvalue weighted by Crippen LogP contribution is -2.15. The molecule has 2 unspecified atom stereocenters. The van der Waals surface area contributed by atoms with Crippen LogP contribution in [0.3, 0.4) is 0 Å². The summed E-state index contributed by atoms with van der Waals surface area (Å²) in [6.07, 6.45) is 9.56. The fourth-order valence-electron chi connectivity index (χ4n) is 3.78. The highest BCUT2D eigenvalue weighted by Crippen LogP contribution is 2.47. The fraction of sp³-hybridized carbons (Fsp3) is 0.174. The minimum Gasteiger partial charge on any atom is -0.383 e. The highest BCUT2D eigenvalue weighted by Gasteiger charge is 2.44. The lowest BCUT2D eigenvalue weighted by Gasteiger charge is -2.10. The van der Waals surface area contributed by atoms with Crippen molar-refractivity contribution in [2.75, 3.05) is 11.1 Å². The first-order chi connectivity index (χ1) is 14.6. The Hall–Kier alpha value is -3.87. The molecule has 1 saturated carbocycles. The number of fused-ring (bicyclic) bond motifs is 1. The molecule has 0 aromatic carbocycles. The molecule has 148 valence electrons. The van der Waals surface area contributed by atoms with E-state index in [-0.39, 0.29) is 17.7 Å². The van der Waals surface area contributed by atoms with Crippen molar-refractivity contribution in [3.63, 3.8) is 0 Å². The van der Waals surface area contributed by atoms with Gasteiger partial charge in [-0.05, 0) is 60.0 Å². The number of nitrogens with two attached hydrogens (primary N) is 1. The topological polar surface area (TPSA) is 107 Å². The van der Waals surface area contributed by atoms with Crippen LogP contribution in [0.4, 0.5) is 11.6 Å². The molecule has 0 saturated heterocycles. The summed E-state index contributed by atoms with van der Waals surface area (Å²) in [5, 5.41) is 4.56. The molecule has 0 radical (unpaired) electrons. The predicted molar refractivity (Wildman–Crippen MR) is 116 cm³/mol. The number of nitrogens with zero attached hydrogens (tertiary/aromatic N) is 4. The van der Waals surface area contributed by atoms with Crippen molar-refractivity contribution in [3.8, 4) is 11.3 Å². The van der Waals surface area contributed by atoms with Gasteiger partial charge in [-0.15, -0.1) is 0 Å². The van der Waals surface area contributed by atoms with Gasteiger partial charge in [0.2, 0.25) is 5.91 Å². The van der Waals surface area contributed by atoms with Crippen LogP contribution >= 0.6 is 0 Å². The Bertz CT molecular complexity index is 1260. The van der Waals surface area contributed by atoms with Crippen molar-refractivity contribution in [3.05, 3.63) is 72.4 Å². The van der Waals surface area contributed by atoms with E-state index in [0.29, 0.717) is 11.6 Å². The van der Waals surface area contributed by atoms with Crippen molar-refractivity contribution in [2.24, 2.45) is 5.92 Å². The van der Waals surface area contributed by atoms with E-state index in [4.69, 9.17) is 5.73 Å². The molecule has 7 heteroatoms. The zero-order valence-electron chi connectivity index (χ0n) is 16.4. The third-order valence-electron chi connectivity index (χ3n) is 5.55. The molecule has 3 N–H and O–H groups in total. The van der Waals surface area contributed by atoms with E-state index in [0.717, 1.165) is 39.6 Å². The van der Waals surface area contributed by atoms with E-state index in [1.807, 2.05) is 43.5 Å². The zero-order valence-corrected chi connectivity index (χ0v) is 16.4. The number of anilines is 2. The maximum Gasteiger partial charge on any atom is 0.229 e. The second-order valence-corrected chi connectivity index (χ2v) is 7.60. The Morgan fingerprint density at radius 2 is 2.00 bits per heavy atom. The molecule has 2 atom stereocenters. The molecule has 1 aliphatic rings. The van der Waals surface area contributed by atoms with Crippen LogP contribution in [0.2, 0.25) is 0 Å². The summed E-state index contributed by atoms with van der Waals surface area (Å²) in [4.78, 5) is 29.9. The van der Waals surface area contributed by atoms with Gasteiger partial charge in [0.15, 0.2) is 0 Å². The minimum absolute atomic E-state index is 0.0268. The van der Waals surface area contributed by atoms with Crippen LogP contribution in [0.5, 0.6) is 0 Å². The number of aromatic nitrogens is 4. The minimum atomic E-state index is -0.0530. The summed E-state index contributed by atoms with van der Waals surface area (Å²) in [6, 6.07) is 9.62. The molecule has 1 amide bonds. The smallest absolute Gasteiger partial charge is 0.229 e. The van der Waals surface area contributed by atoms with E-state index in [1.54, 1.807) is 24.8 Å². The molecule has 0 spiro atoms. The van der Waals surface area contributed by atoms with E-state index >= 15 is 0 Å². The lowest BCUT2D eigenvalue weighted by molar-refractivity contribution is -0.117. The molecular weight excluding hydrogens is 376 g/mol. The number of hydrogen-bond acceptors (Lipinski definition) is 6. The van der Waals surface area contributed by atoms with E-state index in [2.05, 4.69) is 25.3 Å². The quantitative estimate of drug-likeness (QED) is 0.544. The van der Waals surface area contributed by atoms with E-state index in [9.17, 15) is 4.79 Å². The van der Waals surface area contributed by atoms with Crippen molar-refractivity contribution < 1.29 is 4.79 Å². The first-order valence-corrected chi connectivity index (χ1v) is 9.78. The Balaban J connectivity index is 1.41. The van der Waals surface area contributed by atoms with Gasteiger partial charge < -0.3 is 11.1 Å². The standard InChI is InChI=1S/C23H20N6O/c1-13-4-6-26-11-18(13)20-7-15-8-21(27-12-19(15)22(24)28-20)29-23(30)17-9-16(17)14-3-2-5-25-10-14/h2-8,10-12,16-17H,9H2,1H3,(H2,24,28)(H,27,29,30). The van der Waals surface area contributed by atoms with Gasteiger partial charge in [0.25, 0.3) is 0 Å². The molecule has 4 aromatic rings. The Labute approximate surface area is 173 Å². The monoisotopic (exact) mass is 396 g/mol. The molecule has 1 fully saturated rings.